The van der Waals surface area contributed by atoms with Crippen LogP contribution < -0.4 is 0 Å². The second-order valence-electron chi connectivity index (χ2n) is 4.65. The Balaban J connectivity index is 2.33. The Morgan fingerprint density at radius 3 is 2.44 bits per heavy atom. The molecule has 0 bridgehead atoms. The van der Waals surface area contributed by atoms with E-state index in [1.165, 1.54) is 18.4 Å². The third-order valence-electron chi connectivity index (χ3n) is 3.79. The fraction of sp³-hybridized carbons (Fsp3) is 0.467. The first kappa shape index (κ1) is 11.2. The van der Waals surface area contributed by atoms with E-state index in [4.69, 9.17) is 6.42 Å². The number of hydrogen-bond acceptors (Lipinski definition) is 1. The summed E-state index contributed by atoms with van der Waals surface area (Å²) in [6.07, 6.45) is 9.87. The van der Waals surface area contributed by atoms with E-state index < -0.39 is 6.10 Å². The highest BCUT2D eigenvalue weighted by Crippen LogP contribution is 2.44. The number of rotatable bonds is 3. The molecule has 1 nitrogen and oxygen atoms in total. The Kier molecular flexibility index (Phi) is 3.31. The molecule has 1 atom stereocenters. The van der Waals surface area contributed by atoms with Gasteiger partial charge in [-0.1, -0.05) is 43.2 Å². The van der Waals surface area contributed by atoms with Crippen LogP contribution in [0.25, 0.3) is 0 Å². The summed E-state index contributed by atoms with van der Waals surface area (Å²) in [6.45, 7) is 0. The second-order valence-corrected chi connectivity index (χ2v) is 4.65. The zero-order chi connectivity index (χ0) is 11.4. The molecule has 16 heavy (non-hydrogen) atoms. The average molecular weight is 214 g/mol. The lowest BCUT2D eigenvalue weighted by Crippen LogP contribution is -2.36. The van der Waals surface area contributed by atoms with Crippen molar-refractivity contribution in [3.05, 3.63) is 35.9 Å². The van der Waals surface area contributed by atoms with Crippen LogP contribution in [0.3, 0.4) is 0 Å². The van der Waals surface area contributed by atoms with E-state index in [2.05, 4.69) is 18.1 Å². The summed E-state index contributed by atoms with van der Waals surface area (Å²) < 4.78 is 0. The summed E-state index contributed by atoms with van der Waals surface area (Å²) in [7, 11) is 0. The van der Waals surface area contributed by atoms with Gasteiger partial charge in [0.25, 0.3) is 0 Å². The van der Waals surface area contributed by atoms with Crippen LogP contribution >= 0.6 is 0 Å². The monoisotopic (exact) mass is 214 g/mol. The Hall–Kier alpha value is -1.26. The van der Waals surface area contributed by atoms with Gasteiger partial charge < -0.3 is 5.11 Å². The van der Waals surface area contributed by atoms with E-state index in [1.54, 1.807) is 0 Å². The molecule has 1 fully saturated rings. The van der Waals surface area contributed by atoms with Gasteiger partial charge in [-0.3, -0.25) is 0 Å². The van der Waals surface area contributed by atoms with E-state index >= 15 is 0 Å². The third kappa shape index (κ3) is 1.86. The minimum atomic E-state index is -0.401. The van der Waals surface area contributed by atoms with Crippen molar-refractivity contribution in [2.75, 3.05) is 0 Å². The molecule has 1 aliphatic carbocycles. The van der Waals surface area contributed by atoms with Crippen LogP contribution in [0.2, 0.25) is 0 Å². The lowest BCUT2D eigenvalue weighted by molar-refractivity contribution is 0.0869. The van der Waals surface area contributed by atoms with Gasteiger partial charge in [-0.25, -0.2) is 0 Å². The molecule has 1 aliphatic rings. The molecule has 1 saturated carbocycles. The van der Waals surface area contributed by atoms with Crippen LogP contribution in [-0.4, -0.2) is 11.2 Å². The molecule has 1 unspecified atom stereocenters. The summed E-state index contributed by atoms with van der Waals surface area (Å²) in [6, 6.07) is 10.3. The quantitative estimate of drug-likeness (QED) is 0.767. The zero-order valence-electron chi connectivity index (χ0n) is 9.52. The molecule has 0 spiro atoms. The molecule has 0 saturated heterocycles. The van der Waals surface area contributed by atoms with Gasteiger partial charge >= 0.3 is 0 Å². The third-order valence-corrected chi connectivity index (χ3v) is 3.79. The van der Waals surface area contributed by atoms with Gasteiger partial charge in [-0.15, -0.1) is 12.3 Å². The standard InChI is InChI=1S/C15H18O/c1-2-8-14(16)15(11-6-7-12-15)13-9-4-3-5-10-13/h1,3-5,9-10,14,16H,6-8,11-12H2. The molecule has 0 radical (unpaired) electrons. The zero-order valence-corrected chi connectivity index (χ0v) is 9.52. The number of aliphatic hydroxyl groups excluding tert-OH is 1. The lowest BCUT2D eigenvalue weighted by Gasteiger charge is -2.34. The molecule has 2 rings (SSSR count). The summed E-state index contributed by atoms with van der Waals surface area (Å²) >= 11 is 0. The highest BCUT2D eigenvalue weighted by molar-refractivity contribution is 5.29. The minimum absolute atomic E-state index is 0.0897. The van der Waals surface area contributed by atoms with E-state index in [0.717, 1.165) is 12.8 Å². The Bertz CT molecular complexity index is 368. The highest BCUT2D eigenvalue weighted by Gasteiger charge is 2.41. The van der Waals surface area contributed by atoms with Crippen molar-refractivity contribution in [1.82, 2.24) is 0 Å². The van der Waals surface area contributed by atoms with E-state index in [1.807, 2.05) is 18.2 Å². The number of aliphatic hydroxyl groups is 1. The van der Waals surface area contributed by atoms with Gasteiger partial charge in [-0.05, 0) is 18.4 Å². The predicted molar refractivity (Wildman–Crippen MR) is 66.0 cm³/mol. The smallest absolute Gasteiger partial charge is 0.0745 e. The van der Waals surface area contributed by atoms with Crippen molar-refractivity contribution in [2.45, 2.75) is 43.6 Å². The SMILES string of the molecule is C#CCC(O)C1(c2ccccc2)CCCC1. The Morgan fingerprint density at radius 1 is 1.25 bits per heavy atom. The normalized spacial score (nSPS) is 20.2. The van der Waals surface area contributed by atoms with Gasteiger partial charge in [-0.2, -0.15) is 0 Å². The highest BCUT2D eigenvalue weighted by atomic mass is 16.3. The van der Waals surface area contributed by atoms with Gasteiger partial charge in [0.1, 0.15) is 0 Å². The minimum Gasteiger partial charge on any atom is -0.391 e. The van der Waals surface area contributed by atoms with Gasteiger partial charge in [0, 0.05) is 11.8 Å². The van der Waals surface area contributed by atoms with E-state index in [-0.39, 0.29) is 5.41 Å². The fourth-order valence-electron chi connectivity index (χ4n) is 2.90. The number of terminal acetylenes is 1. The van der Waals surface area contributed by atoms with Crippen LogP contribution in [-0.2, 0) is 5.41 Å². The molecule has 0 aliphatic heterocycles. The molecule has 1 N–H and O–H groups in total. The van der Waals surface area contributed by atoms with Crippen molar-refractivity contribution in [3.8, 4) is 12.3 Å². The molecule has 1 heteroatoms. The average Bonchev–Trinajstić information content (AvgIpc) is 2.81. The van der Waals surface area contributed by atoms with Crippen LogP contribution in [0, 0.1) is 12.3 Å². The topological polar surface area (TPSA) is 20.2 Å². The summed E-state index contributed by atoms with van der Waals surface area (Å²) in [4.78, 5) is 0. The van der Waals surface area contributed by atoms with E-state index in [0.29, 0.717) is 6.42 Å². The van der Waals surface area contributed by atoms with Crippen molar-refractivity contribution >= 4 is 0 Å². The van der Waals surface area contributed by atoms with Crippen molar-refractivity contribution in [2.24, 2.45) is 0 Å². The number of hydrogen-bond donors (Lipinski definition) is 1. The molecule has 1 aromatic carbocycles. The van der Waals surface area contributed by atoms with Gasteiger partial charge in [0.2, 0.25) is 0 Å². The molecular formula is C15H18O. The van der Waals surface area contributed by atoms with Crippen molar-refractivity contribution < 1.29 is 5.11 Å². The maximum Gasteiger partial charge on any atom is 0.0745 e. The maximum atomic E-state index is 10.3. The number of benzene rings is 1. The Labute approximate surface area is 97.5 Å². The molecule has 0 amide bonds. The molecule has 0 heterocycles. The van der Waals surface area contributed by atoms with Crippen LogP contribution in [0.1, 0.15) is 37.7 Å². The van der Waals surface area contributed by atoms with Crippen LogP contribution in [0.15, 0.2) is 30.3 Å². The lowest BCUT2D eigenvalue weighted by atomic mass is 9.73. The van der Waals surface area contributed by atoms with Crippen LogP contribution in [0.5, 0.6) is 0 Å². The first-order chi connectivity index (χ1) is 7.79. The summed E-state index contributed by atoms with van der Waals surface area (Å²) in [5, 5.41) is 10.3. The predicted octanol–water partition coefficient (Wildman–Crippen LogP) is 2.88. The first-order valence-electron chi connectivity index (χ1n) is 5.97. The Morgan fingerprint density at radius 2 is 1.88 bits per heavy atom. The molecule has 84 valence electrons. The summed E-state index contributed by atoms with van der Waals surface area (Å²) in [5.41, 5.74) is 1.16. The van der Waals surface area contributed by atoms with Crippen LogP contribution in [0.4, 0.5) is 0 Å². The van der Waals surface area contributed by atoms with E-state index in [9.17, 15) is 5.11 Å². The molecule has 0 aromatic heterocycles. The second kappa shape index (κ2) is 4.72. The van der Waals surface area contributed by atoms with Gasteiger partial charge in [0.05, 0.1) is 6.10 Å². The first-order valence-corrected chi connectivity index (χ1v) is 5.97. The molecular weight excluding hydrogens is 196 g/mol. The van der Waals surface area contributed by atoms with Gasteiger partial charge in [0.15, 0.2) is 0 Å². The maximum absolute atomic E-state index is 10.3. The van der Waals surface area contributed by atoms with Crippen molar-refractivity contribution in [3.63, 3.8) is 0 Å². The summed E-state index contributed by atoms with van der Waals surface area (Å²) in [5.74, 6) is 2.59. The molecule has 1 aromatic rings. The largest absolute Gasteiger partial charge is 0.391 e. The fourth-order valence-corrected chi connectivity index (χ4v) is 2.90. The van der Waals surface area contributed by atoms with Crippen molar-refractivity contribution in [1.29, 1.82) is 0 Å².